The molecule has 0 fully saturated rings. The van der Waals surface area contributed by atoms with Crippen molar-refractivity contribution in [2.75, 3.05) is 7.11 Å². The molecule has 4 aromatic rings. The molecule has 0 aliphatic carbocycles. The highest BCUT2D eigenvalue weighted by Gasteiger charge is 2.15. The molecule has 2 heterocycles. The van der Waals surface area contributed by atoms with Gasteiger partial charge in [0.05, 0.1) is 19.1 Å². The molecule has 0 aliphatic rings. The highest BCUT2D eigenvalue weighted by atomic mass is 32.2. The summed E-state index contributed by atoms with van der Waals surface area (Å²) in [7, 11) is 1.66. The smallest absolute Gasteiger partial charge is 0.205 e. The maximum atomic E-state index is 5.88. The highest BCUT2D eigenvalue weighted by molar-refractivity contribution is 7.98. The van der Waals surface area contributed by atoms with Gasteiger partial charge >= 0.3 is 0 Å². The molecule has 4 rings (SSSR count). The van der Waals surface area contributed by atoms with Crippen molar-refractivity contribution in [2.45, 2.75) is 24.4 Å². The summed E-state index contributed by atoms with van der Waals surface area (Å²) in [6.07, 6.45) is 1.76. The third kappa shape index (κ3) is 3.80. The molecule has 0 unspecified atom stereocenters. The first-order valence-electron chi connectivity index (χ1n) is 8.99. The molecule has 0 N–H and O–H groups in total. The molecule has 0 radical (unpaired) electrons. The molecule has 0 aliphatic heterocycles. The van der Waals surface area contributed by atoms with Crippen LogP contribution in [-0.2, 0) is 12.3 Å². The summed E-state index contributed by atoms with van der Waals surface area (Å²) >= 11 is 1.56. The number of ether oxygens (including phenoxy) is 1. The number of thioether (sulfide) groups is 1. The van der Waals surface area contributed by atoms with E-state index in [-0.39, 0.29) is 0 Å². The predicted molar refractivity (Wildman–Crippen MR) is 109 cm³/mol. The summed E-state index contributed by atoms with van der Waals surface area (Å²) in [5, 5.41) is 9.58. The molecule has 28 heavy (non-hydrogen) atoms. The van der Waals surface area contributed by atoms with Gasteiger partial charge in [0.25, 0.3) is 0 Å². The van der Waals surface area contributed by atoms with E-state index in [0.29, 0.717) is 11.6 Å². The molecule has 142 valence electrons. The van der Waals surface area contributed by atoms with E-state index in [1.54, 1.807) is 25.1 Å². The van der Waals surface area contributed by atoms with E-state index >= 15 is 0 Å². The third-order valence-corrected chi connectivity index (χ3v) is 5.27. The predicted octanol–water partition coefficient (Wildman–Crippen LogP) is 4.92. The fourth-order valence-electron chi connectivity index (χ4n) is 2.87. The quantitative estimate of drug-likeness (QED) is 0.416. The summed E-state index contributed by atoms with van der Waals surface area (Å²) in [6.45, 7) is 2.86. The van der Waals surface area contributed by atoms with E-state index in [1.807, 2.05) is 54.6 Å². The number of methoxy groups -OCH3 is 1. The molecular weight excluding hydrogens is 372 g/mol. The first-order chi connectivity index (χ1) is 13.8. The summed E-state index contributed by atoms with van der Waals surface area (Å²) in [5.41, 5.74) is 2.02. The van der Waals surface area contributed by atoms with Crippen LogP contribution in [0.25, 0.3) is 22.7 Å². The number of aromatic nitrogens is 4. The minimum absolute atomic E-state index is 0.591. The summed E-state index contributed by atoms with van der Waals surface area (Å²) in [5.74, 6) is 3.68. The fraction of sp³-hybridized carbons (Fsp3) is 0.190. The average Bonchev–Trinajstić information content (AvgIpc) is 3.39. The van der Waals surface area contributed by atoms with Crippen LogP contribution >= 0.6 is 11.8 Å². The van der Waals surface area contributed by atoms with Gasteiger partial charge in [0.2, 0.25) is 5.89 Å². The van der Waals surface area contributed by atoms with Gasteiger partial charge in [-0.3, -0.25) is 0 Å². The Morgan fingerprint density at radius 2 is 1.79 bits per heavy atom. The van der Waals surface area contributed by atoms with Crippen LogP contribution in [0.1, 0.15) is 12.8 Å². The monoisotopic (exact) mass is 392 g/mol. The zero-order chi connectivity index (χ0) is 19.3. The first-order valence-corrected chi connectivity index (χ1v) is 9.97. The Balaban J connectivity index is 1.50. The van der Waals surface area contributed by atoms with Crippen LogP contribution in [0.3, 0.4) is 0 Å². The number of hydrogen-bond acceptors (Lipinski definition) is 6. The Hall–Kier alpha value is -3.06. The normalized spacial score (nSPS) is 10.9. The van der Waals surface area contributed by atoms with Crippen molar-refractivity contribution < 1.29 is 9.15 Å². The van der Waals surface area contributed by atoms with Gasteiger partial charge in [-0.05, 0) is 31.2 Å². The Morgan fingerprint density at radius 3 is 2.50 bits per heavy atom. The Morgan fingerprint density at radius 1 is 1.00 bits per heavy atom. The Labute approximate surface area is 167 Å². The topological polar surface area (TPSA) is 66.0 Å². The van der Waals surface area contributed by atoms with Crippen molar-refractivity contribution in [1.82, 2.24) is 19.7 Å². The summed E-state index contributed by atoms with van der Waals surface area (Å²) in [4.78, 5) is 4.39. The molecule has 2 aromatic heterocycles. The van der Waals surface area contributed by atoms with Gasteiger partial charge in [0.1, 0.15) is 5.75 Å². The fourth-order valence-corrected chi connectivity index (χ4v) is 3.73. The standard InChI is InChI=1S/C21H20N4O2S/c1-3-25-20(16-9-11-17(26-2)12-10-16)23-24-21(25)28-14-19-22-13-18(27-19)15-7-5-4-6-8-15/h4-13H,3,14H2,1-2H3. The van der Waals surface area contributed by atoms with Crippen molar-refractivity contribution in [1.29, 1.82) is 0 Å². The van der Waals surface area contributed by atoms with Gasteiger partial charge in [-0.1, -0.05) is 42.1 Å². The molecule has 0 amide bonds. The van der Waals surface area contributed by atoms with Crippen molar-refractivity contribution in [3.63, 3.8) is 0 Å². The zero-order valence-corrected chi connectivity index (χ0v) is 16.5. The first kappa shape index (κ1) is 18.3. The van der Waals surface area contributed by atoms with Gasteiger partial charge in [0, 0.05) is 17.7 Å². The minimum atomic E-state index is 0.591. The zero-order valence-electron chi connectivity index (χ0n) is 15.7. The second kappa shape index (κ2) is 8.31. The molecule has 6 nitrogen and oxygen atoms in total. The lowest BCUT2D eigenvalue weighted by Gasteiger charge is -2.07. The number of hydrogen-bond donors (Lipinski definition) is 0. The van der Waals surface area contributed by atoms with Gasteiger partial charge in [-0.15, -0.1) is 10.2 Å². The maximum absolute atomic E-state index is 5.88. The van der Waals surface area contributed by atoms with Crippen LogP contribution in [0.2, 0.25) is 0 Å². The van der Waals surface area contributed by atoms with Crippen LogP contribution in [-0.4, -0.2) is 26.9 Å². The number of oxazole rings is 1. The minimum Gasteiger partial charge on any atom is -0.497 e. The van der Waals surface area contributed by atoms with E-state index in [0.717, 1.165) is 40.2 Å². The summed E-state index contributed by atoms with van der Waals surface area (Å²) < 4.78 is 13.2. The maximum Gasteiger partial charge on any atom is 0.205 e. The Kier molecular flexibility index (Phi) is 5.43. The van der Waals surface area contributed by atoms with Crippen LogP contribution in [0.15, 0.2) is 70.4 Å². The van der Waals surface area contributed by atoms with Crippen LogP contribution in [0, 0.1) is 0 Å². The molecule has 2 aromatic carbocycles. The molecule has 0 saturated heterocycles. The van der Waals surface area contributed by atoms with E-state index in [2.05, 4.69) is 26.7 Å². The molecule has 0 atom stereocenters. The van der Waals surface area contributed by atoms with E-state index in [4.69, 9.17) is 9.15 Å². The van der Waals surface area contributed by atoms with Crippen molar-refractivity contribution >= 4 is 11.8 Å². The average molecular weight is 392 g/mol. The molecule has 0 saturated carbocycles. The van der Waals surface area contributed by atoms with E-state index < -0.39 is 0 Å². The number of rotatable bonds is 7. The van der Waals surface area contributed by atoms with Gasteiger partial charge in [-0.25, -0.2) is 4.98 Å². The molecular formula is C21H20N4O2S. The lowest BCUT2D eigenvalue weighted by molar-refractivity contribution is 0.415. The Bertz CT molecular complexity index is 1040. The van der Waals surface area contributed by atoms with Gasteiger partial charge in [0.15, 0.2) is 16.7 Å². The SMILES string of the molecule is CCn1c(SCc2ncc(-c3ccccc3)o2)nnc1-c1ccc(OC)cc1. The van der Waals surface area contributed by atoms with Gasteiger partial charge in [-0.2, -0.15) is 0 Å². The summed E-state index contributed by atoms with van der Waals surface area (Å²) in [6, 6.07) is 17.8. The molecule has 0 bridgehead atoms. The van der Waals surface area contributed by atoms with E-state index in [1.165, 1.54) is 0 Å². The van der Waals surface area contributed by atoms with Crippen molar-refractivity contribution in [2.24, 2.45) is 0 Å². The van der Waals surface area contributed by atoms with E-state index in [9.17, 15) is 0 Å². The van der Waals surface area contributed by atoms with Gasteiger partial charge < -0.3 is 13.7 Å². The van der Waals surface area contributed by atoms with Crippen LogP contribution in [0.5, 0.6) is 5.75 Å². The lowest BCUT2D eigenvalue weighted by atomic mass is 10.2. The lowest BCUT2D eigenvalue weighted by Crippen LogP contribution is -2.00. The van der Waals surface area contributed by atoms with Crippen LogP contribution in [0.4, 0.5) is 0 Å². The number of nitrogens with zero attached hydrogens (tertiary/aromatic N) is 4. The second-order valence-corrected chi connectivity index (χ2v) is 6.99. The van der Waals surface area contributed by atoms with Crippen LogP contribution < -0.4 is 4.74 Å². The largest absolute Gasteiger partial charge is 0.497 e. The second-order valence-electron chi connectivity index (χ2n) is 6.05. The highest BCUT2D eigenvalue weighted by Crippen LogP contribution is 2.28. The third-order valence-electron chi connectivity index (χ3n) is 4.32. The number of benzene rings is 2. The molecule has 7 heteroatoms. The molecule has 0 spiro atoms. The van der Waals surface area contributed by atoms with Crippen molar-refractivity contribution in [3.8, 4) is 28.5 Å². The van der Waals surface area contributed by atoms with Crippen molar-refractivity contribution in [3.05, 3.63) is 66.7 Å².